The van der Waals surface area contributed by atoms with Gasteiger partial charge in [0.05, 0.1) is 0 Å². The van der Waals surface area contributed by atoms with Crippen molar-refractivity contribution in [3.63, 3.8) is 0 Å². The number of rotatable bonds is 4. The molecule has 0 saturated carbocycles. The van der Waals surface area contributed by atoms with Gasteiger partial charge in [-0.05, 0) is 20.4 Å². The van der Waals surface area contributed by atoms with Gasteiger partial charge in [-0.2, -0.15) is 0 Å². The van der Waals surface area contributed by atoms with Crippen LogP contribution in [0.1, 0.15) is 13.3 Å². The highest BCUT2D eigenvalue weighted by Gasteiger charge is 2.27. The van der Waals surface area contributed by atoms with E-state index in [1.807, 2.05) is 6.08 Å². The van der Waals surface area contributed by atoms with E-state index < -0.39 is 0 Å². The van der Waals surface area contributed by atoms with Crippen molar-refractivity contribution >= 4 is 0 Å². The molecule has 14 heavy (non-hydrogen) atoms. The van der Waals surface area contributed by atoms with Gasteiger partial charge >= 0.3 is 0 Å². The van der Waals surface area contributed by atoms with E-state index in [4.69, 9.17) is 5.11 Å². The topological polar surface area (TPSA) is 26.7 Å². The Morgan fingerprint density at radius 3 is 2.79 bits per heavy atom. The summed E-state index contributed by atoms with van der Waals surface area (Å²) in [6.07, 6.45) is 2.83. The first-order chi connectivity index (χ1) is 6.69. The molecule has 1 N–H and O–H groups in total. The fraction of sp³-hybridized carbons (Fsp3) is 0.818. The molecule has 0 amide bonds. The number of piperazine rings is 1. The van der Waals surface area contributed by atoms with Gasteiger partial charge in [0.15, 0.2) is 0 Å². The fourth-order valence-corrected chi connectivity index (χ4v) is 2.15. The molecule has 1 rings (SSSR count). The molecule has 1 saturated heterocycles. The molecule has 0 aromatic rings. The van der Waals surface area contributed by atoms with Crippen LogP contribution >= 0.6 is 0 Å². The van der Waals surface area contributed by atoms with Crippen molar-refractivity contribution in [1.29, 1.82) is 0 Å². The normalized spacial score (nSPS) is 30.5. The summed E-state index contributed by atoms with van der Waals surface area (Å²) < 4.78 is 0. The Labute approximate surface area is 87.0 Å². The van der Waals surface area contributed by atoms with Gasteiger partial charge in [-0.1, -0.05) is 6.08 Å². The van der Waals surface area contributed by atoms with Crippen molar-refractivity contribution in [2.24, 2.45) is 0 Å². The second-order valence-corrected chi connectivity index (χ2v) is 4.20. The summed E-state index contributed by atoms with van der Waals surface area (Å²) in [6, 6.07) is 1.09. The third-order valence-corrected chi connectivity index (χ3v) is 3.07. The van der Waals surface area contributed by atoms with Crippen molar-refractivity contribution in [3.8, 4) is 0 Å². The summed E-state index contributed by atoms with van der Waals surface area (Å²) in [5, 5.41) is 8.95. The van der Waals surface area contributed by atoms with Gasteiger partial charge in [-0.25, -0.2) is 0 Å². The van der Waals surface area contributed by atoms with E-state index in [0.29, 0.717) is 12.1 Å². The molecule has 82 valence electrons. The molecule has 1 aliphatic rings. The summed E-state index contributed by atoms with van der Waals surface area (Å²) in [5.41, 5.74) is 0. The smallest absolute Gasteiger partial charge is 0.0446 e. The minimum Gasteiger partial charge on any atom is -0.396 e. The average molecular weight is 198 g/mol. The second kappa shape index (κ2) is 5.49. The summed E-state index contributed by atoms with van der Waals surface area (Å²) >= 11 is 0. The lowest BCUT2D eigenvalue weighted by Crippen LogP contribution is -2.56. The van der Waals surface area contributed by atoms with Crippen LogP contribution in [0.2, 0.25) is 0 Å². The monoisotopic (exact) mass is 198 g/mol. The Bertz CT molecular complexity index is 184. The maximum Gasteiger partial charge on any atom is 0.0446 e. The maximum atomic E-state index is 8.95. The number of hydrogen-bond donors (Lipinski definition) is 1. The molecular formula is C11H22N2O. The van der Waals surface area contributed by atoms with E-state index in [1.165, 1.54) is 0 Å². The van der Waals surface area contributed by atoms with Crippen LogP contribution in [0.25, 0.3) is 0 Å². The predicted octanol–water partition coefficient (Wildman–Crippen LogP) is 0.559. The van der Waals surface area contributed by atoms with Crippen molar-refractivity contribution in [2.45, 2.75) is 25.4 Å². The molecule has 2 unspecified atom stereocenters. The molecule has 0 bridgehead atoms. The van der Waals surface area contributed by atoms with E-state index >= 15 is 0 Å². The molecule has 0 spiro atoms. The van der Waals surface area contributed by atoms with Gasteiger partial charge < -0.3 is 10.0 Å². The lowest BCUT2D eigenvalue weighted by molar-refractivity contribution is 0.0483. The zero-order chi connectivity index (χ0) is 10.6. The Morgan fingerprint density at radius 1 is 1.50 bits per heavy atom. The minimum absolute atomic E-state index is 0.283. The summed E-state index contributed by atoms with van der Waals surface area (Å²) in [5.74, 6) is 0. The largest absolute Gasteiger partial charge is 0.396 e. The minimum atomic E-state index is 0.283. The van der Waals surface area contributed by atoms with Crippen LogP contribution in [-0.4, -0.2) is 60.3 Å². The highest BCUT2D eigenvalue weighted by atomic mass is 16.3. The molecule has 1 aliphatic heterocycles. The molecule has 0 aromatic heterocycles. The SMILES string of the molecule is C=CCN1CC(CCO)N(C)CC1C. The number of aliphatic hydroxyl groups excluding tert-OH is 1. The van der Waals surface area contributed by atoms with Crippen molar-refractivity contribution < 1.29 is 5.11 Å². The summed E-state index contributed by atoms with van der Waals surface area (Å²) in [6.45, 7) is 9.39. The van der Waals surface area contributed by atoms with E-state index in [9.17, 15) is 0 Å². The third-order valence-electron chi connectivity index (χ3n) is 3.07. The van der Waals surface area contributed by atoms with Crippen molar-refractivity contribution in [3.05, 3.63) is 12.7 Å². The molecule has 0 aromatic carbocycles. The summed E-state index contributed by atoms with van der Waals surface area (Å²) in [4.78, 5) is 4.77. The maximum absolute atomic E-state index is 8.95. The average Bonchev–Trinajstić information content (AvgIpc) is 2.14. The standard InChI is InChI=1S/C11H22N2O/c1-4-6-13-9-11(5-7-14)12(3)8-10(13)2/h4,10-11,14H,1,5-9H2,2-3H3. The van der Waals surface area contributed by atoms with Crippen LogP contribution in [0.4, 0.5) is 0 Å². The molecular weight excluding hydrogens is 176 g/mol. The van der Waals surface area contributed by atoms with Gasteiger partial charge in [0.25, 0.3) is 0 Å². The zero-order valence-electron chi connectivity index (χ0n) is 9.32. The molecule has 0 aliphatic carbocycles. The van der Waals surface area contributed by atoms with E-state index in [1.54, 1.807) is 0 Å². The first kappa shape index (κ1) is 11.7. The van der Waals surface area contributed by atoms with Crippen LogP contribution in [0.3, 0.4) is 0 Å². The lowest BCUT2D eigenvalue weighted by Gasteiger charge is -2.43. The number of nitrogens with zero attached hydrogens (tertiary/aromatic N) is 2. The molecule has 0 radical (unpaired) electrons. The van der Waals surface area contributed by atoms with E-state index in [0.717, 1.165) is 26.1 Å². The molecule has 3 nitrogen and oxygen atoms in total. The predicted molar refractivity (Wildman–Crippen MR) is 59.4 cm³/mol. The van der Waals surface area contributed by atoms with Crippen molar-refractivity contribution in [1.82, 2.24) is 9.80 Å². The van der Waals surface area contributed by atoms with Gasteiger partial charge in [0.1, 0.15) is 0 Å². The Hall–Kier alpha value is -0.380. The Kier molecular flexibility index (Phi) is 4.58. The highest BCUT2D eigenvalue weighted by Crippen LogP contribution is 2.15. The van der Waals surface area contributed by atoms with Crippen LogP contribution in [0, 0.1) is 0 Å². The zero-order valence-corrected chi connectivity index (χ0v) is 9.32. The fourth-order valence-electron chi connectivity index (χ4n) is 2.15. The number of likely N-dealkylation sites (N-methyl/N-ethyl adjacent to an activating group) is 1. The van der Waals surface area contributed by atoms with Crippen LogP contribution in [0.15, 0.2) is 12.7 Å². The quantitative estimate of drug-likeness (QED) is 0.669. The van der Waals surface area contributed by atoms with Crippen LogP contribution in [0.5, 0.6) is 0 Å². The highest BCUT2D eigenvalue weighted by molar-refractivity contribution is 4.88. The first-order valence-electron chi connectivity index (χ1n) is 5.35. The lowest BCUT2D eigenvalue weighted by atomic mass is 10.1. The van der Waals surface area contributed by atoms with Crippen molar-refractivity contribution in [2.75, 3.05) is 33.3 Å². The van der Waals surface area contributed by atoms with Gasteiger partial charge in [-0.15, -0.1) is 6.58 Å². The molecule has 2 atom stereocenters. The van der Waals surface area contributed by atoms with Crippen LogP contribution < -0.4 is 0 Å². The first-order valence-corrected chi connectivity index (χ1v) is 5.35. The molecule has 3 heteroatoms. The molecule has 1 fully saturated rings. The van der Waals surface area contributed by atoms with Gasteiger partial charge in [0.2, 0.25) is 0 Å². The van der Waals surface area contributed by atoms with Gasteiger partial charge in [0, 0.05) is 38.3 Å². The number of aliphatic hydroxyl groups is 1. The Balaban J connectivity index is 2.50. The van der Waals surface area contributed by atoms with E-state index in [-0.39, 0.29) is 6.61 Å². The Morgan fingerprint density at radius 2 is 2.21 bits per heavy atom. The second-order valence-electron chi connectivity index (χ2n) is 4.20. The third kappa shape index (κ3) is 2.80. The molecule has 1 heterocycles. The van der Waals surface area contributed by atoms with Gasteiger partial charge in [-0.3, -0.25) is 4.90 Å². The van der Waals surface area contributed by atoms with Crippen LogP contribution in [-0.2, 0) is 0 Å². The van der Waals surface area contributed by atoms with E-state index in [2.05, 4.69) is 30.4 Å². The number of hydrogen-bond acceptors (Lipinski definition) is 3. The summed E-state index contributed by atoms with van der Waals surface area (Å²) in [7, 11) is 2.14.